The molecule has 4 aromatic heterocycles. The van der Waals surface area contributed by atoms with Crippen LogP contribution in [0.3, 0.4) is 0 Å². The van der Waals surface area contributed by atoms with Crippen LogP contribution in [0.15, 0.2) is 61.1 Å². The zero-order valence-electron chi connectivity index (χ0n) is 22.9. The van der Waals surface area contributed by atoms with Gasteiger partial charge in [-0.1, -0.05) is 30.3 Å². The highest BCUT2D eigenvalue weighted by molar-refractivity contribution is 6.00. The Bertz CT molecular complexity index is 1720. The van der Waals surface area contributed by atoms with Gasteiger partial charge in [-0.25, -0.2) is 28.5 Å². The second-order valence-electron chi connectivity index (χ2n) is 10.3. The van der Waals surface area contributed by atoms with Crippen molar-refractivity contribution in [1.82, 2.24) is 24.1 Å². The van der Waals surface area contributed by atoms with Gasteiger partial charge in [0.25, 0.3) is 0 Å². The van der Waals surface area contributed by atoms with Crippen LogP contribution in [0.2, 0.25) is 0 Å². The first-order valence-corrected chi connectivity index (χ1v) is 12.8. The molecule has 0 saturated carbocycles. The van der Waals surface area contributed by atoms with Crippen molar-refractivity contribution < 1.29 is 23.5 Å². The van der Waals surface area contributed by atoms with Crippen molar-refractivity contribution in [2.45, 2.75) is 39.8 Å². The van der Waals surface area contributed by atoms with Crippen LogP contribution in [-0.4, -0.2) is 55.5 Å². The van der Waals surface area contributed by atoms with Gasteiger partial charge in [0.15, 0.2) is 5.65 Å². The number of aromatic nitrogens is 5. The molecule has 5 aromatic rings. The molecule has 0 spiro atoms. The van der Waals surface area contributed by atoms with Crippen LogP contribution in [-0.2, 0) is 16.0 Å². The quantitative estimate of drug-likeness (QED) is 0.259. The fourth-order valence-electron chi connectivity index (χ4n) is 4.38. The van der Waals surface area contributed by atoms with E-state index in [4.69, 9.17) is 14.5 Å². The van der Waals surface area contributed by atoms with E-state index in [2.05, 4.69) is 10.1 Å². The highest BCUT2D eigenvalue weighted by Gasteiger charge is 2.25. The maximum absolute atomic E-state index is 14.4. The summed E-state index contributed by atoms with van der Waals surface area (Å²) in [5.41, 5.74) is 1.76. The van der Waals surface area contributed by atoms with Gasteiger partial charge in [-0.3, -0.25) is 0 Å². The minimum absolute atomic E-state index is 0.179. The first kappa shape index (κ1) is 26.8. The summed E-state index contributed by atoms with van der Waals surface area (Å²) in [5.74, 6) is -0.528. The molecule has 0 aliphatic heterocycles. The van der Waals surface area contributed by atoms with Gasteiger partial charge in [-0.15, -0.1) is 0 Å². The number of nitrogens with zero attached hydrogens (tertiary/aromatic N) is 6. The van der Waals surface area contributed by atoms with Gasteiger partial charge in [-0.2, -0.15) is 9.61 Å². The van der Waals surface area contributed by atoms with Crippen molar-refractivity contribution in [1.29, 1.82) is 0 Å². The molecule has 10 nitrogen and oxygen atoms in total. The third-order valence-electron chi connectivity index (χ3n) is 6.08. The van der Waals surface area contributed by atoms with Crippen molar-refractivity contribution >= 4 is 34.6 Å². The Morgan fingerprint density at radius 3 is 2.52 bits per heavy atom. The Morgan fingerprint density at radius 2 is 1.82 bits per heavy atom. The molecule has 0 bridgehead atoms. The number of fused-ring (bicyclic) bond motifs is 2. The molecule has 0 atom stereocenters. The maximum Gasteiger partial charge on any atom is 0.420 e. The summed E-state index contributed by atoms with van der Waals surface area (Å²) in [4.78, 5) is 36.7. The summed E-state index contributed by atoms with van der Waals surface area (Å²) in [6.07, 6.45) is 3.31. The molecule has 0 aliphatic rings. The topological polar surface area (TPSA) is 104 Å². The Morgan fingerprint density at radius 1 is 1.07 bits per heavy atom. The van der Waals surface area contributed by atoms with E-state index in [9.17, 15) is 14.0 Å². The fourth-order valence-corrected chi connectivity index (χ4v) is 4.38. The number of hydrogen-bond acceptors (Lipinski definition) is 8. The van der Waals surface area contributed by atoms with Gasteiger partial charge >= 0.3 is 12.1 Å². The average molecular weight is 545 g/mol. The van der Waals surface area contributed by atoms with Gasteiger partial charge in [0.05, 0.1) is 24.7 Å². The second kappa shape index (κ2) is 10.4. The molecule has 0 fully saturated rings. The van der Waals surface area contributed by atoms with Crippen LogP contribution in [0.1, 0.15) is 43.6 Å². The molecule has 11 heteroatoms. The van der Waals surface area contributed by atoms with Crippen LogP contribution in [0, 0.1) is 5.82 Å². The molecule has 0 saturated heterocycles. The van der Waals surface area contributed by atoms with E-state index in [0.717, 1.165) is 11.8 Å². The summed E-state index contributed by atoms with van der Waals surface area (Å²) < 4.78 is 28.0. The van der Waals surface area contributed by atoms with Crippen LogP contribution < -0.4 is 4.90 Å². The minimum Gasteiger partial charge on any atom is -0.462 e. The molecular formula is C29H29FN6O4. The summed E-state index contributed by atoms with van der Waals surface area (Å²) in [6.45, 7) is 7.70. The molecule has 4 heterocycles. The molecule has 0 aliphatic carbocycles. The highest BCUT2D eigenvalue weighted by Crippen LogP contribution is 2.33. The molecule has 40 heavy (non-hydrogen) atoms. The van der Waals surface area contributed by atoms with Crippen molar-refractivity contribution in [2.75, 3.05) is 18.6 Å². The lowest BCUT2D eigenvalue weighted by atomic mass is 10.1. The molecule has 0 N–H and O–H groups in total. The van der Waals surface area contributed by atoms with Gasteiger partial charge in [0.2, 0.25) is 0 Å². The summed E-state index contributed by atoms with van der Waals surface area (Å²) in [5, 5.41) is 4.79. The number of esters is 1. The van der Waals surface area contributed by atoms with Crippen molar-refractivity contribution in [3.63, 3.8) is 0 Å². The van der Waals surface area contributed by atoms with Crippen molar-refractivity contribution in [2.24, 2.45) is 0 Å². The summed E-state index contributed by atoms with van der Waals surface area (Å²) >= 11 is 0. The maximum atomic E-state index is 14.4. The number of halogens is 1. The number of benzene rings is 1. The van der Waals surface area contributed by atoms with Crippen LogP contribution in [0.25, 0.3) is 27.9 Å². The van der Waals surface area contributed by atoms with Crippen LogP contribution in [0.4, 0.5) is 15.0 Å². The van der Waals surface area contributed by atoms with Crippen molar-refractivity contribution in [3.05, 3.63) is 78.0 Å². The molecule has 0 radical (unpaired) electrons. The molecule has 0 amide bonds. The standard InChI is InChI=1S/C29H29FN6O4/c1-6-39-27(37)21-15-32-36-24(34(5)16-18-10-8-7-9-11-18)13-23(33-26(21)36)22-17-35(28(38)40-29(2,3)4)25-20(22)12-19(30)14-31-25/h7-15,17H,6,16H2,1-5H3. The Kier molecular flexibility index (Phi) is 6.97. The number of hydrogen-bond donors (Lipinski definition) is 0. The van der Waals surface area contributed by atoms with Gasteiger partial charge < -0.3 is 14.4 Å². The van der Waals surface area contributed by atoms with E-state index in [1.807, 2.05) is 42.3 Å². The Labute approximate surface area is 230 Å². The van der Waals surface area contributed by atoms with Gasteiger partial charge in [0.1, 0.15) is 28.4 Å². The van der Waals surface area contributed by atoms with E-state index in [1.165, 1.54) is 23.0 Å². The molecule has 0 unspecified atom stereocenters. The number of rotatable bonds is 6. The zero-order valence-corrected chi connectivity index (χ0v) is 22.9. The second-order valence-corrected chi connectivity index (χ2v) is 10.3. The van der Waals surface area contributed by atoms with E-state index >= 15 is 0 Å². The van der Waals surface area contributed by atoms with E-state index in [1.54, 1.807) is 38.3 Å². The lowest BCUT2D eigenvalue weighted by Crippen LogP contribution is -2.26. The van der Waals surface area contributed by atoms with E-state index in [0.29, 0.717) is 29.0 Å². The molecular weight excluding hydrogens is 515 g/mol. The SMILES string of the molecule is CCOC(=O)c1cnn2c(N(C)Cc3ccccc3)cc(-c3cn(C(=O)OC(C)(C)C)c4ncc(F)cc34)nc12. The predicted molar refractivity (Wildman–Crippen MR) is 148 cm³/mol. The number of carbonyl (C=O) groups is 2. The monoisotopic (exact) mass is 544 g/mol. The molecule has 206 valence electrons. The van der Waals surface area contributed by atoms with E-state index in [-0.39, 0.29) is 23.5 Å². The van der Waals surface area contributed by atoms with Crippen LogP contribution >= 0.6 is 0 Å². The zero-order chi connectivity index (χ0) is 28.6. The third kappa shape index (κ3) is 5.22. The first-order chi connectivity index (χ1) is 19.1. The highest BCUT2D eigenvalue weighted by atomic mass is 19.1. The summed E-state index contributed by atoms with van der Waals surface area (Å²) in [7, 11) is 1.89. The Balaban J connectivity index is 1.72. The average Bonchev–Trinajstić information content (AvgIpc) is 3.49. The lowest BCUT2D eigenvalue weighted by Gasteiger charge is -2.21. The Hall–Kier alpha value is -4.80. The molecule has 1 aromatic carbocycles. The largest absolute Gasteiger partial charge is 0.462 e. The van der Waals surface area contributed by atoms with Crippen molar-refractivity contribution in [3.8, 4) is 11.3 Å². The van der Waals surface area contributed by atoms with E-state index < -0.39 is 23.5 Å². The molecule has 5 rings (SSSR count). The number of anilines is 1. The third-order valence-corrected chi connectivity index (χ3v) is 6.08. The van der Waals surface area contributed by atoms with Gasteiger partial charge in [0, 0.05) is 36.8 Å². The number of carbonyl (C=O) groups excluding carboxylic acids is 2. The normalized spacial score (nSPS) is 11.7. The van der Waals surface area contributed by atoms with Gasteiger partial charge in [-0.05, 0) is 39.3 Å². The lowest BCUT2D eigenvalue weighted by molar-refractivity contribution is 0.0523. The predicted octanol–water partition coefficient (Wildman–Crippen LogP) is 5.48. The fraction of sp³-hybridized carbons (Fsp3) is 0.276. The van der Waals surface area contributed by atoms with Crippen LogP contribution in [0.5, 0.6) is 0 Å². The minimum atomic E-state index is -0.759. The summed E-state index contributed by atoms with van der Waals surface area (Å²) in [6, 6.07) is 12.9. The first-order valence-electron chi connectivity index (χ1n) is 12.8. The number of ether oxygens (including phenoxy) is 2. The smallest absolute Gasteiger partial charge is 0.420 e. The number of pyridine rings is 1.